The standard InChI is InChI=1S/C18H20FN3O/c19-15-8-6-14(7-9-15)17(18-20-10-11-21-18)22-16(23)12-13-4-2-1-3-5-13/h4,6-11,17H,1-3,5,12H2,(H,20,21)(H,22,23)/t17-/m1/s1. The molecule has 5 heteroatoms. The summed E-state index contributed by atoms with van der Waals surface area (Å²) in [7, 11) is 0. The monoisotopic (exact) mass is 313 g/mol. The number of amides is 1. The molecule has 1 heterocycles. The molecule has 3 rings (SSSR count). The van der Waals surface area contributed by atoms with Crippen LogP contribution in [0, 0.1) is 5.82 Å². The molecule has 1 atom stereocenters. The average Bonchev–Trinajstić information content (AvgIpc) is 3.09. The zero-order chi connectivity index (χ0) is 16.1. The van der Waals surface area contributed by atoms with Gasteiger partial charge in [0.15, 0.2) is 0 Å². The van der Waals surface area contributed by atoms with Crippen LogP contribution in [-0.4, -0.2) is 15.9 Å². The number of halogens is 1. The third-order valence-corrected chi connectivity index (χ3v) is 4.07. The average molecular weight is 313 g/mol. The van der Waals surface area contributed by atoms with Crippen molar-refractivity contribution >= 4 is 5.91 Å². The molecule has 0 spiro atoms. The van der Waals surface area contributed by atoms with Crippen LogP contribution in [-0.2, 0) is 4.79 Å². The number of hydrogen-bond acceptors (Lipinski definition) is 2. The fraction of sp³-hybridized carbons (Fsp3) is 0.333. The van der Waals surface area contributed by atoms with Gasteiger partial charge in [0.2, 0.25) is 5.91 Å². The first-order chi connectivity index (χ1) is 11.2. The van der Waals surface area contributed by atoms with Crippen molar-refractivity contribution in [1.82, 2.24) is 15.3 Å². The van der Waals surface area contributed by atoms with Crippen LogP contribution in [0.3, 0.4) is 0 Å². The van der Waals surface area contributed by atoms with Gasteiger partial charge in [0.25, 0.3) is 0 Å². The first-order valence-electron chi connectivity index (χ1n) is 7.94. The van der Waals surface area contributed by atoms with Gasteiger partial charge >= 0.3 is 0 Å². The van der Waals surface area contributed by atoms with E-state index in [1.165, 1.54) is 24.1 Å². The number of aromatic amines is 1. The maximum Gasteiger partial charge on any atom is 0.224 e. The highest BCUT2D eigenvalue weighted by atomic mass is 19.1. The second kappa shape index (κ2) is 7.22. The molecule has 1 aliphatic carbocycles. The first-order valence-corrected chi connectivity index (χ1v) is 7.94. The highest BCUT2D eigenvalue weighted by molar-refractivity contribution is 5.79. The van der Waals surface area contributed by atoms with E-state index in [9.17, 15) is 9.18 Å². The minimum absolute atomic E-state index is 0.0381. The number of imidazole rings is 1. The molecule has 2 N–H and O–H groups in total. The number of nitrogens with one attached hydrogen (secondary N) is 2. The van der Waals surface area contributed by atoms with Crippen LogP contribution in [0.25, 0.3) is 0 Å². The summed E-state index contributed by atoms with van der Waals surface area (Å²) in [6, 6.07) is 5.72. The van der Waals surface area contributed by atoms with Crippen molar-refractivity contribution in [3.63, 3.8) is 0 Å². The summed E-state index contributed by atoms with van der Waals surface area (Å²) in [6.45, 7) is 0. The Morgan fingerprint density at radius 1 is 1.30 bits per heavy atom. The van der Waals surface area contributed by atoms with Crippen LogP contribution in [0.1, 0.15) is 49.5 Å². The minimum Gasteiger partial charge on any atom is -0.347 e. The summed E-state index contributed by atoms with van der Waals surface area (Å²) in [5, 5.41) is 3.01. The summed E-state index contributed by atoms with van der Waals surface area (Å²) in [6.07, 6.45) is 10.3. The first kappa shape index (κ1) is 15.5. The van der Waals surface area contributed by atoms with Gasteiger partial charge in [-0.3, -0.25) is 4.79 Å². The van der Waals surface area contributed by atoms with Crippen LogP contribution in [0.2, 0.25) is 0 Å². The molecular formula is C18H20FN3O. The summed E-state index contributed by atoms with van der Waals surface area (Å²) < 4.78 is 13.1. The predicted molar refractivity (Wildman–Crippen MR) is 86.1 cm³/mol. The molecular weight excluding hydrogens is 293 g/mol. The lowest BCUT2D eigenvalue weighted by atomic mass is 9.96. The van der Waals surface area contributed by atoms with E-state index in [4.69, 9.17) is 0 Å². The number of benzene rings is 1. The Hall–Kier alpha value is -2.43. The van der Waals surface area contributed by atoms with Crippen molar-refractivity contribution in [2.24, 2.45) is 0 Å². The fourth-order valence-electron chi connectivity index (χ4n) is 2.88. The maximum absolute atomic E-state index is 13.1. The smallest absolute Gasteiger partial charge is 0.224 e. The zero-order valence-corrected chi connectivity index (χ0v) is 12.9. The van der Waals surface area contributed by atoms with Gasteiger partial charge in [0.1, 0.15) is 17.7 Å². The molecule has 2 aromatic rings. The van der Waals surface area contributed by atoms with Gasteiger partial charge in [0.05, 0.1) is 0 Å². The van der Waals surface area contributed by atoms with Crippen molar-refractivity contribution < 1.29 is 9.18 Å². The van der Waals surface area contributed by atoms with Crippen LogP contribution in [0.15, 0.2) is 48.3 Å². The Bertz CT molecular complexity index is 677. The van der Waals surface area contributed by atoms with E-state index < -0.39 is 6.04 Å². The van der Waals surface area contributed by atoms with Gasteiger partial charge in [-0.25, -0.2) is 9.37 Å². The van der Waals surface area contributed by atoms with E-state index in [1.54, 1.807) is 24.5 Å². The molecule has 23 heavy (non-hydrogen) atoms. The molecule has 1 aliphatic rings. The second-order valence-electron chi connectivity index (χ2n) is 5.81. The van der Waals surface area contributed by atoms with E-state index >= 15 is 0 Å². The van der Waals surface area contributed by atoms with Crippen molar-refractivity contribution in [2.75, 3.05) is 0 Å². The SMILES string of the molecule is O=C(CC1=CCCCC1)N[C@H](c1ccc(F)cc1)c1ncc[nH]1. The lowest BCUT2D eigenvalue weighted by molar-refractivity contribution is -0.121. The van der Waals surface area contributed by atoms with Gasteiger partial charge in [-0.1, -0.05) is 23.8 Å². The highest BCUT2D eigenvalue weighted by Crippen LogP contribution is 2.22. The molecule has 4 nitrogen and oxygen atoms in total. The Balaban J connectivity index is 1.75. The van der Waals surface area contributed by atoms with Crippen molar-refractivity contribution in [2.45, 2.75) is 38.1 Å². The van der Waals surface area contributed by atoms with E-state index in [-0.39, 0.29) is 11.7 Å². The molecule has 0 saturated heterocycles. The quantitative estimate of drug-likeness (QED) is 0.828. The van der Waals surface area contributed by atoms with Crippen LogP contribution >= 0.6 is 0 Å². The molecule has 1 aromatic carbocycles. The Kier molecular flexibility index (Phi) is 4.86. The summed E-state index contributed by atoms with van der Waals surface area (Å²) >= 11 is 0. The molecule has 0 bridgehead atoms. The van der Waals surface area contributed by atoms with Gasteiger partial charge in [0, 0.05) is 18.8 Å². The number of carbonyl (C=O) groups is 1. The molecule has 0 aliphatic heterocycles. The van der Waals surface area contributed by atoms with Gasteiger partial charge in [-0.05, 0) is 43.4 Å². The highest BCUT2D eigenvalue weighted by Gasteiger charge is 2.20. The normalized spacial score (nSPS) is 15.8. The zero-order valence-electron chi connectivity index (χ0n) is 12.9. The Labute approximate surface area is 134 Å². The van der Waals surface area contributed by atoms with Gasteiger partial charge in [-0.15, -0.1) is 0 Å². The lowest BCUT2D eigenvalue weighted by Crippen LogP contribution is -2.30. The number of allylic oxidation sites excluding steroid dienone is 1. The summed E-state index contributed by atoms with van der Waals surface area (Å²) in [5.41, 5.74) is 2.00. The number of rotatable bonds is 5. The molecule has 0 saturated carbocycles. The number of hydrogen-bond donors (Lipinski definition) is 2. The number of carbonyl (C=O) groups excluding carboxylic acids is 1. The van der Waals surface area contributed by atoms with Crippen LogP contribution in [0.5, 0.6) is 0 Å². The predicted octanol–water partition coefficient (Wildman–Crippen LogP) is 3.64. The summed E-state index contributed by atoms with van der Waals surface area (Å²) in [5.74, 6) is 0.303. The molecule has 1 aromatic heterocycles. The molecule has 1 amide bonds. The fourth-order valence-corrected chi connectivity index (χ4v) is 2.88. The molecule has 0 unspecified atom stereocenters. The van der Waals surface area contributed by atoms with E-state index in [0.717, 1.165) is 24.8 Å². The van der Waals surface area contributed by atoms with Crippen molar-refractivity contribution in [1.29, 1.82) is 0 Å². The van der Waals surface area contributed by atoms with Crippen LogP contribution < -0.4 is 5.32 Å². The Morgan fingerprint density at radius 3 is 2.78 bits per heavy atom. The second-order valence-corrected chi connectivity index (χ2v) is 5.81. The summed E-state index contributed by atoms with van der Waals surface area (Å²) in [4.78, 5) is 19.7. The van der Waals surface area contributed by atoms with E-state index in [0.29, 0.717) is 12.2 Å². The molecule has 120 valence electrons. The van der Waals surface area contributed by atoms with Crippen LogP contribution in [0.4, 0.5) is 4.39 Å². The third-order valence-electron chi connectivity index (χ3n) is 4.07. The van der Waals surface area contributed by atoms with E-state index in [1.807, 2.05) is 0 Å². The number of nitrogens with zero attached hydrogens (tertiary/aromatic N) is 1. The minimum atomic E-state index is -0.401. The maximum atomic E-state index is 13.1. The van der Waals surface area contributed by atoms with Crippen molar-refractivity contribution in [3.8, 4) is 0 Å². The molecule has 0 radical (unpaired) electrons. The largest absolute Gasteiger partial charge is 0.347 e. The van der Waals surface area contributed by atoms with E-state index in [2.05, 4.69) is 21.4 Å². The van der Waals surface area contributed by atoms with Crippen molar-refractivity contribution in [3.05, 3.63) is 65.5 Å². The van der Waals surface area contributed by atoms with Gasteiger partial charge in [-0.2, -0.15) is 0 Å². The Morgan fingerprint density at radius 2 is 2.13 bits per heavy atom. The number of H-pyrrole nitrogens is 1. The third kappa shape index (κ3) is 4.06. The number of aromatic nitrogens is 2. The topological polar surface area (TPSA) is 57.8 Å². The molecule has 0 fully saturated rings. The van der Waals surface area contributed by atoms with Gasteiger partial charge < -0.3 is 10.3 Å². The lowest BCUT2D eigenvalue weighted by Gasteiger charge is -2.19.